The summed E-state index contributed by atoms with van der Waals surface area (Å²) < 4.78 is 118. The molecule has 0 bridgehead atoms. The lowest BCUT2D eigenvalue weighted by Gasteiger charge is -2.27. The number of aliphatic carboxylic acids is 2. The Balaban J connectivity index is 0.00000132. The summed E-state index contributed by atoms with van der Waals surface area (Å²) >= 11 is 6.52. The summed E-state index contributed by atoms with van der Waals surface area (Å²) in [6.45, 7) is 12.6. The molecule has 2 aromatic carbocycles. The number of pyridine rings is 2. The third kappa shape index (κ3) is 24.5. The van der Waals surface area contributed by atoms with Gasteiger partial charge in [-0.2, -0.15) is 53.3 Å². The first-order valence-corrected chi connectivity index (χ1v) is 26.5. The van der Waals surface area contributed by atoms with Crippen molar-refractivity contribution in [1.29, 1.82) is 0 Å². The van der Waals surface area contributed by atoms with Crippen molar-refractivity contribution in [3.8, 4) is 0 Å². The van der Waals surface area contributed by atoms with E-state index in [1.165, 1.54) is 19.1 Å². The number of amides is 1. The molecule has 0 radical (unpaired) electrons. The molecular formula is C54H74Br2F8N6O9S2. The molecule has 2 unspecified atom stereocenters. The van der Waals surface area contributed by atoms with Gasteiger partial charge < -0.3 is 44.9 Å². The van der Waals surface area contributed by atoms with E-state index >= 15 is 4.39 Å². The van der Waals surface area contributed by atoms with Crippen molar-refractivity contribution in [3.63, 3.8) is 0 Å². The molecular weight excluding hydrogens is 1250 g/mol. The summed E-state index contributed by atoms with van der Waals surface area (Å²) in [4.78, 5) is 76.5. The van der Waals surface area contributed by atoms with Crippen LogP contribution in [0.2, 0.25) is 0 Å². The quantitative estimate of drug-likeness (QED) is 0.0428. The molecule has 0 aliphatic rings. The van der Waals surface area contributed by atoms with E-state index in [4.69, 9.17) is 15.6 Å². The molecule has 5 N–H and O–H groups in total. The summed E-state index contributed by atoms with van der Waals surface area (Å²) in [7, 11) is 6.87. The molecule has 2 heterocycles. The molecule has 0 saturated carbocycles. The van der Waals surface area contributed by atoms with Crippen LogP contribution < -0.4 is 22.2 Å². The Hall–Kier alpha value is -4.80. The zero-order valence-electron chi connectivity index (χ0n) is 46.8. The lowest BCUT2D eigenvalue weighted by Crippen LogP contribution is -2.41. The maximum atomic E-state index is 15.2. The number of rotatable bonds is 22. The van der Waals surface area contributed by atoms with Crippen molar-refractivity contribution in [2.75, 3.05) is 47.9 Å². The standard InChI is InChI=1S/C28H36BrF4N3O4.C16H23F3N2O3.C10H11BrFNO2.2H2S/c1-7-40-25(38)14-22(20-12-19(29)11-17(4)26(20)30)34-27(39)23(10-16(2)3)36-15-18(8-9-35(5)6)21(13-24(36)37)28(31,32)33;1-10(2)7-13(15(23)24)21-9-11(5-6-20(3)4)12(8-14(21)22)16(17,18)19;1-5-2-6(11)3-7(10(5)12)8(13)4-9(14)15;;/h11-13,15-16,22-23H,7-10,14H2,1-6H3,(H,34,39);8-10,13H,5-7H2,1-4H3,(H,23,24);2-3,8H,4,13H2,1H3,(H,14,15);2*1H2/t22-,23?;;8-;;/m0.0../s1. The monoisotopic (exact) mass is 1320 g/mol. The average molecular weight is 1330 g/mol. The third-order valence-electron chi connectivity index (χ3n) is 11.9. The molecule has 4 aromatic rings. The van der Waals surface area contributed by atoms with Crippen LogP contribution in [0, 0.1) is 37.3 Å². The summed E-state index contributed by atoms with van der Waals surface area (Å²) in [6.07, 6.45) is -7.62. The predicted molar refractivity (Wildman–Crippen MR) is 310 cm³/mol. The Morgan fingerprint density at radius 2 is 1.07 bits per heavy atom. The summed E-state index contributed by atoms with van der Waals surface area (Å²) in [5.41, 5.74) is 2.37. The molecule has 1 amide bonds. The van der Waals surface area contributed by atoms with Crippen LogP contribution in [0.25, 0.3) is 0 Å². The highest BCUT2D eigenvalue weighted by molar-refractivity contribution is 9.10. The van der Waals surface area contributed by atoms with E-state index in [1.54, 1.807) is 91.7 Å². The van der Waals surface area contributed by atoms with Crippen LogP contribution in [0.5, 0.6) is 0 Å². The van der Waals surface area contributed by atoms with Gasteiger partial charge in [0.1, 0.15) is 23.7 Å². The number of nitrogens with one attached hydrogen (secondary N) is 1. The highest BCUT2D eigenvalue weighted by Crippen LogP contribution is 2.35. The number of likely N-dealkylation sites (N-methyl/N-ethyl adjacent to an activating group) is 2. The predicted octanol–water partition coefficient (Wildman–Crippen LogP) is 10.8. The Bertz CT molecular complexity index is 2870. The minimum Gasteiger partial charge on any atom is -0.481 e. The molecule has 15 nitrogen and oxygen atoms in total. The Morgan fingerprint density at radius 1 is 0.679 bits per heavy atom. The van der Waals surface area contributed by atoms with E-state index in [-0.39, 0.29) is 112 Å². The van der Waals surface area contributed by atoms with Gasteiger partial charge in [0.05, 0.1) is 36.6 Å². The normalized spacial score (nSPS) is 13.0. The van der Waals surface area contributed by atoms with Gasteiger partial charge in [0.2, 0.25) is 5.91 Å². The molecule has 0 spiro atoms. The lowest BCUT2D eigenvalue weighted by molar-refractivity contribution is -0.144. The van der Waals surface area contributed by atoms with Gasteiger partial charge in [-0.15, -0.1) is 0 Å². The molecule has 0 saturated heterocycles. The number of carbonyl (C=O) groups excluding carboxylic acids is 2. The molecule has 81 heavy (non-hydrogen) atoms. The Morgan fingerprint density at radius 3 is 1.44 bits per heavy atom. The Kier molecular flexibility index (Phi) is 32.1. The number of carboxylic acids is 2. The van der Waals surface area contributed by atoms with Crippen LogP contribution in [0.3, 0.4) is 0 Å². The number of hydrogen-bond acceptors (Lipinski definition) is 10. The smallest absolute Gasteiger partial charge is 0.416 e. The van der Waals surface area contributed by atoms with Crippen LogP contribution in [0.1, 0.15) is 129 Å². The van der Waals surface area contributed by atoms with E-state index < -0.39 is 101 Å². The van der Waals surface area contributed by atoms with Gasteiger partial charge >= 0.3 is 30.3 Å². The van der Waals surface area contributed by atoms with Gasteiger partial charge in [0.25, 0.3) is 11.1 Å². The molecule has 0 aliphatic carbocycles. The van der Waals surface area contributed by atoms with Crippen LogP contribution >= 0.6 is 58.9 Å². The number of aromatic nitrogens is 2. The second-order valence-corrected chi connectivity index (χ2v) is 22.0. The first-order valence-electron chi connectivity index (χ1n) is 24.9. The van der Waals surface area contributed by atoms with Gasteiger partial charge in [-0.05, 0) is 133 Å². The van der Waals surface area contributed by atoms with Gasteiger partial charge in [-0.25, -0.2) is 13.6 Å². The zero-order chi connectivity index (χ0) is 60.6. The van der Waals surface area contributed by atoms with E-state index in [0.717, 1.165) is 21.5 Å². The van der Waals surface area contributed by atoms with E-state index in [9.17, 15) is 64.6 Å². The highest BCUT2D eigenvalue weighted by Gasteiger charge is 2.37. The summed E-state index contributed by atoms with van der Waals surface area (Å²) in [5.74, 6) is -4.91. The van der Waals surface area contributed by atoms with E-state index in [1.807, 2.05) is 0 Å². The minimum absolute atomic E-state index is 0. The topological polar surface area (TPSA) is 206 Å². The van der Waals surface area contributed by atoms with Crippen molar-refractivity contribution in [3.05, 3.63) is 135 Å². The summed E-state index contributed by atoms with van der Waals surface area (Å²) in [5, 5.41) is 20.6. The van der Waals surface area contributed by atoms with Crippen molar-refractivity contribution in [1.82, 2.24) is 24.3 Å². The van der Waals surface area contributed by atoms with Crippen molar-refractivity contribution in [2.45, 2.75) is 124 Å². The SMILES string of the molecule is CC(C)CC(C(=O)O)n1cc(CCN(C)C)c(C(F)(F)F)cc1=O.CCOC(=O)C[C@H](NC(=O)C(CC(C)C)n1cc(CCN(C)C)c(C(F)(F)F)cc1=O)c1cc(Br)cc(C)c1F.Cc1cc(Br)cc([C@@H](N)CC(=O)O)c1F.S.S. The molecule has 456 valence electrons. The number of halogens is 10. The molecule has 4 rings (SSSR count). The van der Waals surface area contributed by atoms with Gasteiger partial charge in [0, 0.05) is 63.7 Å². The van der Waals surface area contributed by atoms with Crippen molar-refractivity contribution in [2.24, 2.45) is 17.6 Å². The van der Waals surface area contributed by atoms with Crippen molar-refractivity contribution >= 4 is 82.7 Å². The number of carbonyl (C=O) groups is 4. The van der Waals surface area contributed by atoms with E-state index in [2.05, 4.69) is 37.2 Å². The molecule has 2 aromatic heterocycles. The maximum Gasteiger partial charge on any atom is 0.416 e. The molecule has 0 aliphatic heterocycles. The van der Waals surface area contributed by atoms with Crippen LogP contribution in [-0.2, 0) is 49.1 Å². The average Bonchev–Trinajstić information content (AvgIpc) is 3.30. The fourth-order valence-electron chi connectivity index (χ4n) is 8.08. The number of nitrogens with two attached hydrogens (primary N) is 1. The molecule has 4 atom stereocenters. The number of esters is 1. The number of aryl methyl sites for hydroxylation is 2. The summed E-state index contributed by atoms with van der Waals surface area (Å²) in [6, 6.07) is 2.75. The van der Waals surface area contributed by atoms with Gasteiger partial charge in [-0.1, -0.05) is 59.6 Å². The molecule has 27 heteroatoms. The fourth-order valence-corrected chi connectivity index (χ4v) is 9.26. The third-order valence-corrected chi connectivity index (χ3v) is 12.8. The fraction of sp³-hybridized carbons (Fsp3) is 0.519. The number of benzene rings is 2. The van der Waals surface area contributed by atoms with Crippen LogP contribution in [0.15, 0.2) is 67.3 Å². The number of hydrogen-bond donors (Lipinski definition) is 4. The van der Waals surface area contributed by atoms with E-state index in [0.29, 0.717) is 33.2 Å². The minimum atomic E-state index is -4.75. The zero-order valence-corrected chi connectivity index (χ0v) is 52.0. The largest absolute Gasteiger partial charge is 0.481 e. The molecule has 0 fully saturated rings. The number of alkyl halides is 6. The van der Waals surface area contributed by atoms with Crippen LogP contribution in [0.4, 0.5) is 35.1 Å². The number of nitrogens with zero attached hydrogens (tertiary/aromatic N) is 4. The highest BCUT2D eigenvalue weighted by atomic mass is 79.9. The van der Waals surface area contributed by atoms with Crippen molar-refractivity contribution < 1.29 is 69.3 Å². The van der Waals surface area contributed by atoms with Gasteiger partial charge in [0.15, 0.2) is 0 Å². The number of ether oxygens (including phenoxy) is 1. The second kappa shape index (κ2) is 34.1. The van der Waals surface area contributed by atoms with Gasteiger partial charge in [-0.3, -0.25) is 24.0 Å². The first kappa shape index (κ1) is 76.2. The first-order chi connectivity index (χ1) is 36.4. The maximum absolute atomic E-state index is 15.2. The Labute approximate surface area is 497 Å². The second-order valence-electron chi connectivity index (χ2n) is 20.2. The van der Waals surface area contributed by atoms with Crippen LogP contribution in [-0.4, -0.2) is 101 Å². The lowest BCUT2D eigenvalue weighted by atomic mass is 9.98. The number of carboxylic acid groups (broad SMARTS) is 2.